The molecule has 0 radical (unpaired) electrons. The first kappa shape index (κ1) is 38.1. The molecule has 278 valence electrons. The number of carbonyl (C=O) groups excluding carboxylic acids is 1. The SMILES string of the molecule is CC(C)(C)OC(=O)N1CCC(CS(=O)(=O)N(c2ccc(OC(F)(F)F)cc2)S(=O)(=O)n2c3ccc(OC(F)(F)F)cc3c3ccc(Cl)cc32)CC1. The van der Waals surface area contributed by atoms with E-state index in [-0.39, 0.29) is 56.5 Å². The maximum absolute atomic E-state index is 14.7. The highest BCUT2D eigenvalue weighted by atomic mass is 35.5. The highest BCUT2D eigenvalue weighted by molar-refractivity contribution is 8.09. The molecule has 1 aliphatic heterocycles. The molecule has 11 nitrogen and oxygen atoms in total. The van der Waals surface area contributed by atoms with Gasteiger partial charge >= 0.3 is 29.0 Å². The number of likely N-dealkylation sites (tertiary alicyclic amines) is 1. The monoisotopic (exact) mass is 785 g/mol. The number of piperidine rings is 1. The lowest BCUT2D eigenvalue weighted by Gasteiger charge is -2.34. The van der Waals surface area contributed by atoms with Crippen LogP contribution in [0.2, 0.25) is 5.02 Å². The van der Waals surface area contributed by atoms with Crippen LogP contribution in [0.1, 0.15) is 33.6 Å². The van der Waals surface area contributed by atoms with Gasteiger partial charge in [-0.25, -0.2) is 17.2 Å². The number of aromatic nitrogens is 1. The van der Waals surface area contributed by atoms with E-state index in [2.05, 4.69) is 9.47 Å². The Morgan fingerprint density at radius 1 is 0.804 bits per heavy atom. The van der Waals surface area contributed by atoms with Gasteiger partial charge in [0.25, 0.3) is 0 Å². The van der Waals surface area contributed by atoms with E-state index < -0.39 is 73.5 Å². The molecule has 4 aromatic rings. The number of carbonyl (C=O) groups is 1. The molecule has 1 saturated heterocycles. The number of alkyl halides is 6. The lowest BCUT2D eigenvalue weighted by atomic mass is 9.99. The molecule has 0 atom stereocenters. The number of fused-ring (bicyclic) bond motifs is 3. The van der Waals surface area contributed by atoms with E-state index in [9.17, 15) is 48.0 Å². The van der Waals surface area contributed by atoms with Crippen LogP contribution in [0.3, 0.4) is 0 Å². The number of benzene rings is 3. The van der Waals surface area contributed by atoms with Gasteiger partial charge in [0.15, 0.2) is 0 Å². The van der Waals surface area contributed by atoms with E-state index in [1.807, 2.05) is 0 Å². The fourth-order valence-corrected chi connectivity index (χ4v) is 10.2. The summed E-state index contributed by atoms with van der Waals surface area (Å²) in [7, 11) is -10.3. The van der Waals surface area contributed by atoms with E-state index in [4.69, 9.17) is 16.3 Å². The Kier molecular flexibility index (Phi) is 10.1. The van der Waals surface area contributed by atoms with E-state index in [1.165, 1.54) is 17.0 Å². The summed E-state index contributed by atoms with van der Waals surface area (Å²) in [6, 6.07) is 9.63. The Bertz CT molecular complexity index is 2160. The van der Waals surface area contributed by atoms with Crippen molar-refractivity contribution in [2.75, 3.05) is 22.6 Å². The minimum Gasteiger partial charge on any atom is -0.444 e. The third-order valence-corrected chi connectivity index (χ3v) is 12.2. The van der Waals surface area contributed by atoms with E-state index in [0.29, 0.717) is 3.97 Å². The van der Waals surface area contributed by atoms with Crippen LogP contribution >= 0.6 is 11.6 Å². The van der Waals surface area contributed by atoms with Crippen LogP contribution in [0.15, 0.2) is 60.7 Å². The number of nitrogens with zero attached hydrogens (tertiary/aromatic N) is 3. The molecule has 1 aromatic heterocycles. The number of amides is 1. The fourth-order valence-electron chi connectivity index (χ4n) is 5.64. The van der Waals surface area contributed by atoms with Crippen LogP contribution in [0.4, 0.5) is 36.8 Å². The molecule has 0 unspecified atom stereocenters. The first-order valence-electron chi connectivity index (χ1n) is 15.1. The highest BCUT2D eigenvalue weighted by Crippen LogP contribution is 2.39. The summed E-state index contributed by atoms with van der Waals surface area (Å²) < 4.78 is 150. The molecule has 20 heteroatoms. The van der Waals surface area contributed by atoms with E-state index in [0.717, 1.165) is 48.5 Å². The minimum absolute atomic E-state index is 0.00618. The second kappa shape index (κ2) is 13.5. The predicted octanol–water partition coefficient (Wildman–Crippen LogP) is 7.82. The van der Waals surface area contributed by atoms with Gasteiger partial charge in [0.1, 0.15) is 17.1 Å². The van der Waals surface area contributed by atoms with Gasteiger partial charge in [-0.1, -0.05) is 17.7 Å². The maximum Gasteiger partial charge on any atom is 0.573 e. The Morgan fingerprint density at radius 3 is 1.94 bits per heavy atom. The molecule has 0 bridgehead atoms. The normalized spacial score (nSPS) is 15.3. The van der Waals surface area contributed by atoms with Crippen molar-refractivity contribution in [3.63, 3.8) is 0 Å². The molecule has 5 rings (SSSR count). The molecule has 0 N–H and O–H groups in total. The van der Waals surface area contributed by atoms with Crippen molar-refractivity contribution in [1.82, 2.24) is 8.87 Å². The fraction of sp³-hybridized carbons (Fsp3) is 0.387. The number of ether oxygens (including phenoxy) is 3. The Labute approximate surface area is 293 Å². The molecule has 1 fully saturated rings. The summed E-state index contributed by atoms with van der Waals surface area (Å²) in [6.07, 6.45) is -10.5. The molecule has 51 heavy (non-hydrogen) atoms. The molecular formula is C31H30ClF6N3O8S2. The molecular weight excluding hydrogens is 756 g/mol. The third kappa shape index (κ3) is 8.86. The van der Waals surface area contributed by atoms with Crippen molar-refractivity contribution in [3.8, 4) is 11.5 Å². The number of rotatable bonds is 8. The Hall–Kier alpha value is -4.10. The molecule has 0 spiro atoms. The van der Waals surface area contributed by atoms with E-state index >= 15 is 0 Å². The maximum atomic E-state index is 14.7. The Morgan fingerprint density at radius 2 is 1.37 bits per heavy atom. The van der Waals surface area contributed by atoms with Gasteiger partial charge in [0.2, 0.25) is 10.0 Å². The summed E-state index contributed by atoms with van der Waals surface area (Å²) in [5, 5.41) is -0.0208. The smallest absolute Gasteiger partial charge is 0.444 e. The van der Waals surface area contributed by atoms with Crippen LogP contribution in [0.5, 0.6) is 11.5 Å². The van der Waals surface area contributed by atoms with Crippen LogP contribution in [0.25, 0.3) is 21.8 Å². The Balaban J connectivity index is 1.60. The average Bonchev–Trinajstić information content (AvgIpc) is 3.29. The van der Waals surface area contributed by atoms with Gasteiger partial charge in [0.05, 0.1) is 22.5 Å². The van der Waals surface area contributed by atoms with E-state index in [1.54, 1.807) is 20.8 Å². The molecule has 1 amide bonds. The van der Waals surface area contributed by atoms with Crippen LogP contribution in [-0.2, 0) is 25.0 Å². The van der Waals surface area contributed by atoms with Crippen molar-refractivity contribution < 1.29 is 62.2 Å². The predicted molar refractivity (Wildman–Crippen MR) is 175 cm³/mol. The van der Waals surface area contributed by atoms with Crippen molar-refractivity contribution >= 4 is 65.4 Å². The summed E-state index contributed by atoms with van der Waals surface area (Å²) in [4.78, 5) is 13.9. The first-order chi connectivity index (χ1) is 23.4. The molecule has 3 aromatic carbocycles. The number of anilines is 1. The van der Waals surface area contributed by atoms with Crippen molar-refractivity contribution in [2.45, 2.75) is 51.9 Å². The van der Waals surface area contributed by atoms with Gasteiger partial charge in [-0.05, 0) is 94.1 Å². The second-order valence-electron chi connectivity index (χ2n) is 12.6. The molecule has 0 aliphatic carbocycles. The van der Waals surface area contributed by atoms with Crippen molar-refractivity contribution in [3.05, 3.63) is 65.7 Å². The number of hydrogen-bond acceptors (Lipinski definition) is 8. The number of sulfonamides is 1. The van der Waals surface area contributed by atoms with Crippen LogP contribution in [0, 0.1) is 5.92 Å². The van der Waals surface area contributed by atoms with Crippen LogP contribution < -0.4 is 13.2 Å². The molecule has 2 heterocycles. The minimum atomic E-state index is -5.34. The third-order valence-electron chi connectivity index (χ3n) is 7.58. The number of halogens is 7. The first-order valence-corrected chi connectivity index (χ1v) is 18.4. The standard InChI is InChI=1S/C31H30ClF6N3O8S2/c1-29(2,3)49-28(42)39-14-12-19(13-15-39)18-50(43,44)41(21-5-7-22(8-6-21)47-30(33,34)35)51(45,46)40-26-11-9-23(48-31(36,37)38)17-25(26)24-10-4-20(32)16-27(24)40/h4-11,16-17,19H,12-15,18H2,1-3H3. The topological polar surface area (TPSA) is 124 Å². The average molecular weight is 786 g/mol. The molecule has 1 aliphatic rings. The zero-order valence-electron chi connectivity index (χ0n) is 27.0. The molecule has 0 saturated carbocycles. The van der Waals surface area contributed by atoms with Gasteiger partial charge in [-0.3, -0.25) is 0 Å². The van der Waals surface area contributed by atoms with Gasteiger partial charge in [-0.2, -0.15) is 8.42 Å². The zero-order chi connectivity index (χ0) is 37.7. The van der Waals surface area contributed by atoms with Gasteiger partial charge in [-0.15, -0.1) is 30.1 Å². The van der Waals surface area contributed by atoms with Crippen molar-refractivity contribution in [1.29, 1.82) is 0 Å². The second-order valence-corrected chi connectivity index (χ2v) is 16.7. The van der Waals surface area contributed by atoms with Crippen LogP contribution in [-0.4, -0.2) is 69.0 Å². The summed E-state index contributed by atoms with van der Waals surface area (Å²) in [6.45, 7) is 5.24. The van der Waals surface area contributed by atoms with Gasteiger partial charge in [0, 0.05) is 28.9 Å². The quantitative estimate of drug-likeness (QED) is 0.166. The van der Waals surface area contributed by atoms with Gasteiger partial charge < -0.3 is 19.1 Å². The summed E-state index contributed by atoms with van der Waals surface area (Å²) >= 11 is 6.19. The summed E-state index contributed by atoms with van der Waals surface area (Å²) in [5.74, 6) is -2.90. The summed E-state index contributed by atoms with van der Waals surface area (Å²) in [5.41, 5.74) is -1.85. The largest absolute Gasteiger partial charge is 0.573 e. The lowest BCUT2D eigenvalue weighted by Crippen LogP contribution is -2.46. The zero-order valence-corrected chi connectivity index (χ0v) is 29.3. The number of hydrogen-bond donors (Lipinski definition) is 0. The highest BCUT2D eigenvalue weighted by Gasteiger charge is 2.41. The lowest BCUT2D eigenvalue weighted by molar-refractivity contribution is -0.275. The van der Waals surface area contributed by atoms with Crippen molar-refractivity contribution in [2.24, 2.45) is 5.92 Å².